The monoisotopic (exact) mass is 362 g/mol. The number of ether oxygens (including phenoxy) is 2. The summed E-state index contributed by atoms with van der Waals surface area (Å²) in [6.07, 6.45) is 1.45. The molecule has 0 heterocycles. The minimum absolute atomic E-state index is 0.180. The Morgan fingerprint density at radius 1 is 1.08 bits per heavy atom. The largest absolute Gasteiger partial charge is 0.497 e. The highest BCUT2D eigenvalue weighted by Gasteiger charge is 2.02. The fourth-order valence-corrected chi connectivity index (χ4v) is 2.42. The van der Waals surface area contributed by atoms with Gasteiger partial charge in [0.05, 0.1) is 18.7 Å². The minimum atomic E-state index is -0.180. The van der Waals surface area contributed by atoms with Gasteiger partial charge in [0.15, 0.2) is 0 Å². The molecule has 5 nitrogen and oxygen atoms in total. The highest BCUT2D eigenvalue weighted by Crippen LogP contribution is 2.22. The maximum absolute atomic E-state index is 11.7. The molecule has 0 saturated heterocycles. The number of halogens is 1. The van der Waals surface area contributed by atoms with E-state index in [9.17, 15) is 4.79 Å². The molecule has 0 aliphatic carbocycles. The molecular weight excluding hydrogens is 340 g/mol. The summed E-state index contributed by atoms with van der Waals surface area (Å²) in [4.78, 5) is 11.7. The summed E-state index contributed by atoms with van der Waals surface area (Å²) in [5, 5.41) is 6.23. The van der Waals surface area contributed by atoms with Gasteiger partial charge in [-0.25, -0.2) is 4.79 Å². The molecule has 0 fully saturated rings. The SMILES string of the molecule is COc1cccc(CCNC(=O)NCCCOc2ccccc2Cl)c1. The van der Waals surface area contributed by atoms with Crippen molar-refractivity contribution in [3.8, 4) is 11.5 Å². The van der Waals surface area contributed by atoms with Gasteiger partial charge < -0.3 is 20.1 Å². The van der Waals surface area contributed by atoms with E-state index in [0.717, 1.165) is 17.7 Å². The van der Waals surface area contributed by atoms with Crippen LogP contribution in [-0.2, 0) is 6.42 Å². The Hall–Kier alpha value is -2.40. The second-order valence-corrected chi connectivity index (χ2v) is 5.82. The highest BCUT2D eigenvalue weighted by molar-refractivity contribution is 6.32. The summed E-state index contributed by atoms with van der Waals surface area (Å²) in [5.41, 5.74) is 1.12. The third kappa shape index (κ3) is 6.93. The molecule has 2 amide bonds. The molecule has 0 aliphatic rings. The van der Waals surface area contributed by atoms with E-state index in [4.69, 9.17) is 21.1 Å². The zero-order valence-electron chi connectivity index (χ0n) is 14.3. The molecule has 0 radical (unpaired) electrons. The number of hydrogen-bond donors (Lipinski definition) is 2. The van der Waals surface area contributed by atoms with Crippen LogP contribution < -0.4 is 20.1 Å². The van der Waals surface area contributed by atoms with Crippen molar-refractivity contribution in [2.45, 2.75) is 12.8 Å². The van der Waals surface area contributed by atoms with Gasteiger partial charge in [0.1, 0.15) is 11.5 Å². The maximum Gasteiger partial charge on any atom is 0.314 e. The predicted molar refractivity (Wildman–Crippen MR) is 99.7 cm³/mol. The van der Waals surface area contributed by atoms with Gasteiger partial charge in [0, 0.05) is 13.1 Å². The molecule has 0 bridgehead atoms. The summed E-state index contributed by atoms with van der Waals surface area (Å²) in [6.45, 7) is 1.60. The van der Waals surface area contributed by atoms with Gasteiger partial charge in [0.25, 0.3) is 0 Å². The smallest absolute Gasteiger partial charge is 0.314 e. The Labute approximate surface area is 153 Å². The van der Waals surface area contributed by atoms with Gasteiger partial charge in [-0.2, -0.15) is 0 Å². The Morgan fingerprint density at radius 3 is 2.68 bits per heavy atom. The van der Waals surface area contributed by atoms with Crippen molar-refractivity contribution in [1.82, 2.24) is 10.6 Å². The summed E-state index contributed by atoms with van der Waals surface area (Å²) in [5.74, 6) is 1.48. The molecule has 134 valence electrons. The average molecular weight is 363 g/mol. The number of methoxy groups -OCH3 is 1. The van der Waals surface area contributed by atoms with Crippen LogP contribution in [0.25, 0.3) is 0 Å². The number of urea groups is 1. The van der Waals surface area contributed by atoms with Crippen LogP contribution in [0.1, 0.15) is 12.0 Å². The van der Waals surface area contributed by atoms with Crippen LogP contribution >= 0.6 is 11.6 Å². The standard InChI is InChI=1S/C19H23ClN2O3/c1-24-16-7-4-6-15(14-16)10-12-22-19(23)21-11-5-13-25-18-9-3-2-8-17(18)20/h2-4,6-9,14H,5,10-13H2,1H3,(H2,21,22,23). The van der Waals surface area contributed by atoms with Crippen LogP contribution in [0.4, 0.5) is 4.79 Å². The van der Waals surface area contributed by atoms with E-state index >= 15 is 0 Å². The van der Waals surface area contributed by atoms with Gasteiger partial charge in [-0.15, -0.1) is 0 Å². The molecule has 0 saturated carbocycles. The van der Waals surface area contributed by atoms with Gasteiger partial charge in [-0.1, -0.05) is 35.9 Å². The van der Waals surface area contributed by atoms with Crippen LogP contribution in [0.2, 0.25) is 5.02 Å². The predicted octanol–water partition coefficient (Wildman–Crippen LogP) is 3.66. The lowest BCUT2D eigenvalue weighted by molar-refractivity contribution is 0.239. The van der Waals surface area contributed by atoms with E-state index in [2.05, 4.69) is 10.6 Å². The Kier molecular flexibility index (Phi) is 7.92. The number of hydrogen-bond acceptors (Lipinski definition) is 3. The van der Waals surface area contributed by atoms with E-state index in [1.807, 2.05) is 42.5 Å². The quantitative estimate of drug-likeness (QED) is 0.669. The van der Waals surface area contributed by atoms with Crippen molar-refractivity contribution < 1.29 is 14.3 Å². The molecule has 2 aromatic rings. The zero-order valence-corrected chi connectivity index (χ0v) is 15.0. The first-order valence-corrected chi connectivity index (χ1v) is 8.59. The summed E-state index contributed by atoms with van der Waals surface area (Å²) < 4.78 is 10.7. The fourth-order valence-electron chi connectivity index (χ4n) is 2.23. The number of nitrogens with one attached hydrogen (secondary N) is 2. The molecule has 2 N–H and O–H groups in total. The van der Waals surface area contributed by atoms with Crippen LogP contribution in [-0.4, -0.2) is 32.8 Å². The first kappa shape index (κ1) is 18.9. The molecule has 2 aromatic carbocycles. The Morgan fingerprint density at radius 2 is 1.88 bits per heavy atom. The van der Waals surface area contributed by atoms with Crippen molar-refractivity contribution in [3.63, 3.8) is 0 Å². The van der Waals surface area contributed by atoms with Gasteiger partial charge in [-0.05, 0) is 42.7 Å². The third-order valence-corrected chi connectivity index (χ3v) is 3.85. The second kappa shape index (κ2) is 10.5. The van der Waals surface area contributed by atoms with Gasteiger partial charge in [0.2, 0.25) is 0 Å². The first-order valence-electron chi connectivity index (χ1n) is 8.21. The van der Waals surface area contributed by atoms with Crippen molar-refractivity contribution in [2.75, 3.05) is 26.8 Å². The van der Waals surface area contributed by atoms with E-state index in [1.165, 1.54) is 0 Å². The van der Waals surface area contributed by atoms with Crippen LogP contribution in [0.15, 0.2) is 48.5 Å². The normalized spacial score (nSPS) is 10.2. The van der Waals surface area contributed by atoms with E-state index < -0.39 is 0 Å². The number of para-hydroxylation sites is 1. The lowest BCUT2D eigenvalue weighted by atomic mass is 10.1. The van der Waals surface area contributed by atoms with E-state index in [0.29, 0.717) is 36.9 Å². The Balaban J connectivity index is 1.56. The van der Waals surface area contributed by atoms with Crippen molar-refractivity contribution in [1.29, 1.82) is 0 Å². The molecule has 0 aromatic heterocycles. The molecular formula is C19H23ClN2O3. The van der Waals surface area contributed by atoms with Crippen molar-refractivity contribution in [3.05, 3.63) is 59.1 Å². The summed E-state index contributed by atoms with van der Waals surface area (Å²) >= 11 is 6.00. The van der Waals surface area contributed by atoms with Gasteiger partial charge in [-0.3, -0.25) is 0 Å². The number of carbonyl (C=O) groups is 1. The molecule has 2 rings (SSSR count). The van der Waals surface area contributed by atoms with E-state index in [1.54, 1.807) is 13.2 Å². The average Bonchev–Trinajstić information content (AvgIpc) is 2.63. The molecule has 0 spiro atoms. The van der Waals surface area contributed by atoms with Gasteiger partial charge >= 0.3 is 6.03 Å². The lowest BCUT2D eigenvalue weighted by Crippen LogP contribution is -2.37. The number of benzene rings is 2. The Bertz CT molecular complexity index is 679. The topological polar surface area (TPSA) is 59.6 Å². The number of carbonyl (C=O) groups excluding carboxylic acids is 1. The van der Waals surface area contributed by atoms with E-state index in [-0.39, 0.29) is 6.03 Å². The number of amides is 2. The lowest BCUT2D eigenvalue weighted by Gasteiger charge is -2.10. The molecule has 0 atom stereocenters. The molecule has 0 aliphatic heterocycles. The molecule has 0 unspecified atom stereocenters. The van der Waals surface area contributed by atoms with Crippen molar-refractivity contribution >= 4 is 17.6 Å². The fraction of sp³-hybridized carbons (Fsp3) is 0.316. The minimum Gasteiger partial charge on any atom is -0.497 e. The summed E-state index contributed by atoms with van der Waals surface area (Å²) in [7, 11) is 1.64. The van der Waals surface area contributed by atoms with Crippen LogP contribution in [0, 0.1) is 0 Å². The van der Waals surface area contributed by atoms with Crippen LogP contribution in [0.5, 0.6) is 11.5 Å². The number of rotatable bonds is 9. The third-order valence-electron chi connectivity index (χ3n) is 3.53. The highest BCUT2D eigenvalue weighted by atomic mass is 35.5. The summed E-state index contributed by atoms with van der Waals surface area (Å²) in [6, 6.07) is 15.0. The molecule has 6 heteroatoms. The first-order chi connectivity index (χ1) is 12.2. The van der Waals surface area contributed by atoms with Crippen LogP contribution in [0.3, 0.4) is 0 Å². The zero-order chi connectivity index (χ0) is 17.9. The maximum atomic E-state index is 11.7. The second-order valence-electron chi connectivity index (χ2n) is 5.42. The van der Waals surface area contributed by atoms with Crippen molar-refractivity contribution in [2.24, 2.45) is 0 Å². The molecule has 25 heavy (non-hydrogen) atoms.